The number of amides is 1. The summed E-state index contributed by atoms with van der Waals surface area (Å²) in [6.45, 7) is 8.79. The van der Waals surface area contributed by atoms with Crippen molar-refractivity contribution in [2.75, 3.05) is 44.7 Å². The summed E-state index contributed by atoms with van der Waals surface area (Å²) in [4.78, 5) is 43.1. The maximum absolute atomic E-state index is 13.6. The first-order valence-corrected chi connectivity index (χ1v) is 14.0. The predicted molar refractivity (Wildman–Crippen MR) is 151 cm³/mol. The van der Waals surface area contributed by atoms with E-state index in [4.69, 9.17) is 9.47 Å². The standard InChI is InChI=1S/C30H38N4O6/c1-30(2,3)40-29(36)39-27-7-5-6-20-18-26-21(17-25(20)27)16-22(19-31(26)4)28(35)33-14-12-32(13-15-33)23-8-10-24(11-9-23)34(37)38/h5-11,21-22,26H,12-19H2,1-4H3/t21-,22-,26-/m1/s1. The van der Waals surface area contributed by atoms with Gasteiger partial charge in [0.15, 0.2) is 0 Å². The molecule has 0 saturated carbocycles. The minimum atomic E-state index is -0.704. The highest BCUT2D eigenvalue weighted by atomic mass is 16.7. The van der Waals surface area contributed by atoms with Crippen LogP contribution >= 0.6 is 0 Å². The van der Waals surface area contributed by atoms with Crippen LogP contribution in [0.15, 0.2) is 42.5 Å². The van der Waals surface area contributed by atoms with Gasteiger partial charge in [-0.2, -0.15) is 0 Å². The first kappa shape index (κ1) is 27.9. The molecule has 2 aromatic carbocycles. The summed E-state index contributed by atoms with van der Waals surface area (Å²) in [6, 6.07) is 12.8. The maximum Gasteiger partial charge on any atom is 0.514 e. The van der Waals surface area contributed by atoms with Gasteiger partial charge in [-0.05, 0) is 82.3 Å². The molecule has 40 heavy (non-hydrogen) atoms. The van der Waals surface area contributed by atoms with Gasteiger partial charge in [0.1, 0.15) is 11.4 Å². The molecule has 3 atom stereocenters. The number of non-ortho nitro benzene ring substituents is 1. The number of piperazine rings is 1. The van der Waals surface area contributed by atoms with Crippen LogP contribution in [0.25, 0.3) is 0 Å². The van der Waals surface area contributed by atoms with Gasteiger partial charge in [-0.15, -0.1) is 0 Å². The number of nitro groups is 1. The Labute approximate surface area is 235 Å². The molecule has 2 saturated heterocycles. The van der Waals surface area contributed by atoms with E-state index in [1.807, 2.05) is 37.8 Å². The van der Waals surface area contributed by atoms with Gasteiger partial charge in [0.2, 0.25) is 5.91 Å². The molecule has 2 aromatic rings. The van der Waals surface area contributed by atoms with Crippen LogP contribution < -0.4 is 9.64 Å². The minimum absolute atomic E-state index is 0.0751. The lowest BCUT2D eigenvalue weighted by Crippen LogP contribution is -2.56. The number of ether oxygens (including phenoxy) is 2. The van der Waals surface area contributed by atoms with E-state index in [1.165, 1.54) is 17.7 Å². The average Bonchev–Trinajstić information content (AvgIpc) is 2.91. The summed E-state index contributed by atoms with van der Waals surface area (Å²) in [7, 11) is 2.11. The predicted octanol–water partition coefficient (Wildman–Crippen LogP) is 4.29. The van der Waals surface area contributed by atoms with E-state index < -0.39 is 16.7 Å². The highest BCUT2D eigenvalue weighted by Crippen LogP contribution is 2.40. The number of nitro benzene ring substituents is 1. The first-order valence-electron chi connectivity index (χ1n) is 14.0. The fourth-order valence-electron chi connectivity index (χ4n) is 6.37. The zero-order valence-electron chi connectivity index (χ0n) is 23.7. The highest BCUT2D eigenvalue weighted by molar-refractivity contribution is 5.79. The third-order valence-electron chi connectivity index (χ3n) is 8.28. The second-order valence-electron chi connectivity index (χ2n) is 12.2. The monoisotopic (exact) mass is 550 g/mol. The van der Waals surface area contributed by atoms with Gasteiger partial charge in [-0.3, -0.25) is 14.9 Å². The van der Waals surface area contributed by atoms with Crippen LogP contribution in [0.2, 0.25) is 0 Å². The van der Waals surface area contributed by atoms with Gasteiger partial charge in [-0.25, -0.2) is 4.79 Å². The molecule has 0 spiro atoms. The molecule has 0 radical (unpaired) electrons. The molecule has 0 bridgehead atoms. The minimum Gasteiger partial charge on any atom is -0.428 e. The van der Waals surface area contributed by atoms with Crippen molar-refractivity contribution in [2.45, 2.75) is 51.7 Å². The van der Waals surface area contributed by atoms with Crippen molar-refractivity contribution in [3.05, 3.63) is 63.7 Å². The largest absolute Gasteiger partial charge is 0.514 e. The average molecular weight is 551 g/mol. The smallest absolute Gasteiger partial charge is 0.428 e. The van der Waals surface area contributed by atoms with E-state index in [9.17, 15) is 19.7 Å². The molecule has 214 valence electrons. The Balaban J connectivity index is 1.22. The Morgan fingerprint density at radius 3 is 2.35 bits per heavy atom. The van der Waals surface area contributed by atoms with Crippen molar-refractivity contribution in [3.8, 4) is 5.75 Å². The third kappa shape index (κ3) is 6.06. The zero-order chi connectivity index (χ0) is 28.6. The number of benzene rings is 2. The number of piperidine rings is 1. The van der Waals surface area contributed by atoms with Gasteiger partial charge >= 0.3 is 6.16 Å². The van der Waals surface area contributed by atoms with Crippen molar-refractivity contribution < 1.29 is 24.0 Å². The third-order valence-corrected chi connectivity index (χ3v) is 8.28. The number of carbonyl (C=O) groups is 2. The van der Waals surface area contributed by atoms with E-state index in [0.717, 1.165) is 37.1 Å². The molecule has 1 amide bonds. The number of hydrogen-bond acceptors (Lipinski definition) is 8. The van der Waals surface area contributed by atoms with Crippen LogP contribution in [-0.4, -0.2) is 78.2 Å². The zero-order valence-corrected chi connectivity index (χ0v) is 23.7. The topological polar surface area (TPSA) is 105 Å². The quantitative estimate of drug-likeness (QED) is 0.240. The van der Waals surface area contributed by atoms with Crippen LogP contribution in [0, 0.1) is 22.0 Å². The van der Waals surface area contributed by atoms with E-state index in [1.54, 1.807) is 12.1 Å². The number of rotatable bonds is 4. The Bertz CT molecular complexity index is 1270. The molecule has 1 aliphatic carbocycles. The van der Waals surface area contributed by atoms with Crippen LogP contribution in [-0.2, 0) is 22.4 Å². The second kappa shape index (κ2) is 11.1. The molecule has 0 aromatic heterocycles. The van der Waals surface area contributed by atoms with Gasteiger partial charge < -0.3 is 24.2 Å². The summed E-state index contributed by atoms with van der Waals surface area (Å²) in [5.41, 5.74) is 2.59. The summed E-state index contributed by atoms with van der Waals surface area (Å²) in [5.74, 6) is 0.934. The molecule has 5 rings (SSSR count). The molecule has 3 aliphatic rings. The Morgan fingerprint density at radius 1 is 1.00 bits per heavy atom. The SMILES string of the molecule is CN1C[C@H](C(=O)N2CCN(c3ccc([N+](=O)[O-])cc3)CC2)C[C@@H]2Cc3c(cccc3OC(=O)OC(C)(C)C)C[C@H]21. The number of fused-ring (bicyclic) bond motifs is 2. The lowest BCUT2D eigenvalue weighted by Gasteiger charge is -2.47. The maximum atomic E-state index is 13.6. The van der Waals surface area contributed by atoms with E-state index in [-0.39, 0.29) is 23.4 Å². The summed E-state index contributed by atoms with van der Waals surface area (Å²) >= 11 is 0. The van der Waals surface area contributed by atoms with Gasteiger partial charge in [0.25, 0.3) is 5.69 Å². The van der Waals surface area contributed by atoms with Crippen LogP contribution in [0.3, 0.4) is 0 Å². The summed E-state index contributed by atoms with van der Waals surface area (Å²) < 4.78 is 11.0. The number of carbonyl (C=O) groups excluding carboxylic acids is 2. The number of anilines is 1. The van der Waals surface area contributed by atoms with E-state index in [0.29, 0.717) is 38.0 Å². The number of likely N-dealkylation sites (N-methyl/N-ethyl adjacent to an activating group) is 1. The molecule has 2 aliphatic heterocycles. The fraction of sp³-hybridized carbons (Fsp3) is 0.533. The van der Waals surface area contributed by atoms with E-state index in [2.05, 4.69) is 22.9 Å². The lowest BCUT2D eigenvalue weighted by atomic mass is 9.72. The Hall–Kier alpha value is -3.66. The molecule has 0 N–H and O–H groups in total. The Morgan fingerprint density at radius 2 is 1.70 bits per heavy atom. The molecular weight excluding hydrogens is 512 g/mol. The van der Waals surface area contributed by atoms with Crippen molar-refractivity contribution >= 4 is 23.4 Å². The fourth-order valence-corrected chi connectivity index (χ4v) is 6.37. The van der Waals surface area contributed by atoms with E-state index >= 15 is 0 Å². The molecular formula is C30H38N4O6. The lowest BCUT2D eigenvalue weighted by molar-refractivity contribution is -0.384. The van der Waals surface area contributed by atoms with Gasteiger partial charge in [-0.1, -0.05) is 12.1 Å². The Kier molecular flexibility index (Phi) is 7.72. The number of likely N-dealkylation sites (tertiary alicyclic amines) is 1. The number of nitrogens with zero attached hydrogens (tertiary/aromatic N) is 4. The van der Waals surface area contributed by atoms with Crippen molar-refractivity contribution in [1.29, 1.82) is 0 Å². The molecule has 0 unspecified atom stereocenters. The van der Waals surface area contributed by atoms with Gasteiger partial charge in [0.05, 0.1) is 10.8 Å². The van der Waals surface area contributed by atoms with Crippen LogP contribution in [0.5, 0.6) is 5.75 Å². The van der Waals surface area contributed by atoms with Crippen LogP contribution in [0.1, 0.15) is 38.3 Å². The molecule has 10 nitrogen and oxygen atoms in total. The number of hydrogen-bond donors (Lipinski definition) is 0. The summed E-state index contributed by atoms with van der Waals surface area (Å²) in [6.07, 6.45) is 1.71. The highest BCUT2D eigenvalue weighted by Gasteiger charge is 2.42. The summed E-state index contributed by atoms with van der Waals surface area (Å²) in [5, 5.41) is 11.0. The molecule has 2 heterocycles. The van der Waals surface area contributed by atoms with Crippen LogP contribution in [0.4, 0.5) is 16.2 Å². The molecule has 2 fully saturated rings. The molecule has 10 heteroatoms. The second-order valence-corrected chi connectivity index (χ2v) is 12.2. The first-order chi connectivity index (χ1) is 19.0. The van der Waals surface area contributed by atoms with Crippen molar-refractivity contribution in [1.82, 2.24) is 9.80 Å². The normalized spacial score (nSPS) is 23.1. The van der Waals surface area contributed by atoms with Crippen molar-refractivity contribution in [2.24, 2.45) is 11.8 Å². The van der Waals surface area contributed by atoms with Gasteiger partial charge in [0, 0.05) is 56.6 Å². The van der Waals surface area contributed by atoms with Crippen molar-refractivity contribution in [3.63, 3.8) is 0 Å².